The zero-order valence-electron chi connectivity index (χ0n) is 16.2. The van der Waals surface area contributed by atoms with E-state index in [0.29, 0.717) is 42.4 Å². The van der Waals surface area contributed by atoms with E-state index >= 15 is 0 Å². The van der Waals surface area contributed by atoms with E-state index in [1.165, 1.54) is 28.2 Å². The van der Waals surface area contributed by atoms with Gasteiger partial charge in [-0.3, -0.25) is 19.7 Å². The Morgan fingerprint density at radius 2 is 1.60 bits per heavy atom. The Morgan fingerprint density at radius 1 is 0.967 bits per heavy atom. The number of aromatic nitrogens is 2. The summed E-state index contributed by atoms with van der Waals surface area (Å²) in [6.07, 6.45) is 1.65. The maximum Gasteiger partial charge on any atom is 0.274 e. The first kappa shape index (κ1) is 19.8. The SMILES string of the molecule is Cc1ccc(C(=O)N2CCN(C(=O)c3ccn(-c4ccc([N+](=O)[O-])cc4)n3)CC2)s1. The summed E-state index contributed by atoms with van der Waals surface area (Å²) in [6.45, 7) is 3.81. The van der Waals surface area contributed by atoms with Crippen LogP contribution in [-0.4, -0.2) is 62.5 Å². The van der Waals surface area contributed by atoms with Crippen molar-refractivity contribution in [2.75, 3.05) is 26.2 Å². The molecule has 1 aliphatic rings. The molecular weight excluding hydrogens is 406 g/mol. The molecule has 154 valence electrons. The van der Waals surface area contributed by atoms with Crippen LogP contribution < -0.4 is 0 Å². The van der Waals surface area contributed by atoms with Gasteiger partial charge in [0.15, 0.2) is 5.69 Å². The minimum Gasteiger partial charge on any atom is -0.334 e. The van der Waals surface area contributed by atoms with Gasteiger partial charge in [-0.1, -0.05) is 0 Å². The molecule has 0 aliphatic carbocycles. The van der Waals surface area contributed by atoms with Crippen LogP contribution in [0, 0.1) is 17.0 Å². The minimum atomic E-state index is -0.466. The quantitative estimate of drug-likeness (QED) is 0.472. The third-order valence-electron chi connectivity index (χ3n) is 4.94. The number of aryl methyl sites for hydroxylation is 1. The van der Waals surface area contributed by atoms with Crippen LogP contribution >= 0.6 is 11.3 Å². The second kappa shape index (κ2) is 8.07. The predicted molar refractivity (Wildman–Crippen MR) is 111 cm³/mol. The summed E-state index contributed by atoms with van der Waals surface area (Å²) < 4.78 is 1.51. The fraction of sp³-hybridized carbons (Fsp3) is 0.250. The Bertz CT molecular complexity index is 1100. The first-order valence-corrected chi connectivity index (χ1v) is 10.2. The lowest BCUT2D eigenvalue weighted by Crippen LogP contribution is -2.50. The smallest absolute Gasteiger partial charge is 0.274 e. The molecule has 0 radical (unpaired) electrons. The Labute approximate surface area is 176 Å². The van der Waals surface area contributed by atoms with E-state index in [1.54, 1.807) is 34.2 Å². The lowest BCUT2D eigenvalue weighted by atomic mass is 10.2. The van der Waals surface area contributed by atoms with Gasteiger partial charge < -0.3 is 9.80 Å². The Kier molecular flexibility index (Phi) is 5.32. The molecule has 1 aromatic carbocycles. The number of piperazine rings is 1. The lowest BCUT2D eigenvalue weighted by Gasteiger charge is -2.34. The summed E-state index contributed by atoms with van der Waals surface area (Å²) in [5.41, 5.74) is 0.913. The molecule has 30 heavy (non-hydrogen) atoms. The number of carbonyl (C=O) groups excluding carboxylic acids is 2. The lowest BCUT2D eigenvalue weighted by molar-refractivity contribution is -0.384. The number of amides is 2. The Hall–Kier alpha value is -3.53. The van der Waals surface area contributed by atoms with E-state index in [4.69, 9.17) is 0 Å². The molecule has 0 unspecified atom stereocenters. The van der Waals surface area contributed by atoms with Crippen LogP contribution in [0.5, 0.6) is 0 Å². The summed E-state index contributed by atoms with van der Waals surface area (Å²) in [6, 6.07) is 11.3. The van der Waals surface area contributed by atoms with E-state index in [2.05, 4.69) is 5.10 Å². The molecule has 9 nitrogen and oxygen atoms in total. The molecular formula is C20H19N5O4S. The topological polar surface area (TPSA) is 102 Å². The Morgan fingerprint density at radius 3 is 2.17 bits per heavy atom. The highest BCUT2D eigenvalue weighted by Gasteiger charge is 2.27. The number of non-ortho nitro benzene ring substituents is 1. The Balaban J connectivity index is 1.39. The average molecular weight is 425 g/mol. The highest BCUT2D eigenvalue weighted by molar-refractivity contribution is 7.13. The zero-order chi connectivity index (χ0) is 21.3. The number of rotatable bonds is 4. The summed E-state index contributed by atoms with van der Waals surface area (Å²) in [7, 11) is 0. The molecule has 10 heteroatoms. The third kappa shape index (κ3) is 3.94. The summed E-state index contributed by atoms with van der Waals surface area (Å²) in [5, 5.41) is 15.1. The van der Waals surface area contributed by atoms with Crippen molar-refractivity contribution in [3.05, 3.63) is 74.2 Å². The van der Waals surface area contributed by atoms with Crippen LogP contribution in [0.2, 0.25) is 0 Å². The second-order valence-corrected chi connectivity index (χ2v) is 8.20. The summed E-state index contributed by atoms with van der Waals surface area (Å²) in [4.78, 5) is 40.9. The molecule has 0 atom stereocenters. The third-order valence-corrected chi connectivity index (χ3v) is 5.93. The van der Waals surface area contributed by atoms with Gasteiger partial charge in [0.05, 0.1) is 15.5 Å². The molecule has 0 bridgehead atoms. The van der Waals surface area contributed by atoms with Gasteiger partial charge >= 0.3 is 0 Å². The number of hydrogen-bond donors (Lipinski definition) is 0. The summed E-state index contributed by atoms with van der Waals surface area (Å²) in [5.74, 6) is -0.197. The van der Waals surface area contributed by atoms with Crippen LogP contribution in [0.25, 0.3) is 5.69 Å². The van der Waals surface area contributed by atoms with Crippen molar-refractivity contribution in [1.29, 1.82) is 0 Å². The number of nitro groups is 1. The molecule has 3 aromatic rings. The van der Waals surface area contributed by atoms with E-state index in [9.17, 15) is 19.7 Å². The highest BCUT2D eigenvalue weighted by Crippen LogP contribution is 2.19. The van der Waals surface area contributed by atoms with E-state index in [-0.39, 0.29) is 17.5 Å². The van der Waals surface area contributed by atoms with Crippen LogP contribution in [0.15, 0.2) is 48.7 Å². The van der Waals surface area contributed by atoms with Gasteiger partial charge in [-0.05, 0) is 37.3 Å². The largest absolute Gasteiger partial charge is 0.334 e. The van der Waals surface area contributed by atoms with Crippen molar-refractivity contribution in [2.45, 2.75) is 6.92 Å². The van der Waals surface area contributed by atoms with Gasteiger partial charge in [0.2, 0.25) is 0 Å². The van der Waals surface area contributed by atoms with Crippen LogP contribution in [0.3, 0.4) is 0 Å². The average Bonchev–Trinajstić information content (AvgIpc) is 3.42. The molecule has 1 saturated heterocycles. The predicted octanol–water partition coefficient (Wildman–Crippen LogP) is 2.75. The van der Waals surface area contributed by atoms with Gasteiger partial charge in [-0.25, -0.2) is 4.68 Å². The van der Waals surface area contributed by atoms with E-state index in [0.717, 1.165) is 4.88 Å². The number of hydrogen-bond acceptors (Lipinski definition) is 6. The van der Waals surface area contributed by atoms with Gasteiger partial charge in [-0.15, -0.1) is 11.3 Å². The fourth-order valence-electron chi connectivity index (χ4n) is 3.29. The van der Waals surface area contributed by atoms with Crippen molar-refractivity contribution in [3.8, 4) is 5.69 Å². The maximum atomic E-state index is 12.8. The number of benzene rings is 1. The highest BCUT2D eigenvalue weighted by atomic mass is 32.1. The monoisotopic (exact) mass is 425 g/mol. The van der Waals surface area contributed by atoms with Crippen molar-refractivity contribution < 1.29 is 14.5 Å². The molecule has 1 aliphatic heterocycles. The van der Waals surface area contributed by atoms with Crippen molar-refractivity contribution >= 4 is 28.8 Å². The van der Waals surface area contributed by atoms with Crippen LogP contribution in [-0.2, 0) is 0 Å². The fourth-order valence-corrected chi connectivity index (χ4v) is 4.12. The number of nitrogens with zero attached hydrogens (tertiary/aromatic N) is 5. The molecule has 4 rings (SSSR count). The molecule has 2 amide bonds. The van der Waals surface area contributed by atoms with Crippen LogP contribution in [0.1, 0.15) is 25.0 Å². The number of nitro benzene ring substituents is 1. The number of thiophene rings is 1. The molecule has 1 fully saturated rings. The standard InChI is InChI=1S/C20H19N5O4S/c1-14-2-7-18(30-14)20(27)23-12-10-22(11-13-23)19(26)17-8-9-24(21-17)15-3-5-16(6-4-15)25(28)29/h2-9H,10-13H2,1H3. The van der Waals surface area contributed by atoms with Crippen molar-refractivity contribution in [1.82, 2.24) is 19.6 Å². The zero-order valence-corrected chi connectivity index (χ0v) is 17.0. The van der Waals surface area contributed by atoms with Gasteiger partial charge in [-0.2, -0.15) is 5.10 Å². The van der Waals surface area contributed by atoms with Crippen molar-refractivity contribution in [2.24, 2.45) is 0 Å². The number of carbonyl (C=O) groups is 2. The first-order chi connectivity index (χ1) is 14.4. The normalized spacial score (nSPS) is 14.0. The summed E-state index contributed by atoms with van der Waals surface area (Å²) >= 11 is 1.47. The maximum absolute atomic E-state index is 12.8. The molecule has 0 spiro atoms. The van der Waals surface area contributed by atoms with Crippen molar-refractivity contribution in [3.63, 3.8) is 0 Å². The van der Waals surface area contributed by atoms with Crippen LogP contribution in [0.4, 0.5) is 5.69 Å². The first-order valence-electron chi connectivity index (χ1n) is 9.38. The van der Waals surface area contributed by atoms with E-state index in [1.807, 2.05) is 19.1 Å². The molecule has 0 saturated carbocycles. The van der Waals surface area contributed by atoms with Gasteiger partial charge in [0, 0.05) is 49.4 Å². The molecule has 0 N–H and O–H groups in total. The molecule has 2 aromatic heterocycles. The van der Waals surface area contributed by atoms with E-state index < -0.39 is 4.92 Å². The molecule has 3 heterocycles. The second-order valence-electron chi connectivity index (χ2n) is 6.91. The van der Waals surface area contributed by atoms with Gasteiger partial charge in [0.1, 0.15) is 0 Å². The van der Waals surface area contributed by atoms with Gasteiger partial charge in [0.25, 0.3) is 17.5 Å². The minimum absolute atomic E-state index is 0.00245.